The van der Waals surface area contributed by atoms with Gasteiger partial charge in [0.2, 0.25) is 0 Å². The highest BCUT2D eigenvalue weighted by Crippen LogP contribution is 2.20. The number of urea groups is 1. The quantitative estimate of drug-likeness (QED) is 0.622. The van der Waals surface area contributed by atoms with Gasteiger partial charge in [0.05, 0.1) is 6.10 Å². The molecule has 6 heteroatoms. The Morgan fingerprint density at radius 1 is 1.38 bits per heavy atom. The predicted octanol–water partition coefficient (Wildman–Crippen LogP) is 0.966. The summed E-state index contributed by atoms with van der Waals surface area (Å²) in [7, 11) is 0. The van der Waals surface area contributed by atoms with Crippen molar-refractivity contribution >= 4 is 27.6 Å². The first-order valence-corrected chi connectivity index (χ1v) is 5.75. The largest absolute Gasteiger partial charge is 0.389 e. The molecule has 2 atom stereocenters. The van der Waals surface area contributed by atoms with Crippen LogP contribution in [-0.2, 0) is 0 Å². The van der Waals surface area contributed by atoms with Gasteiger partial charge >= 0.3 is 6.03 Å². The number of hydrogen-bond donors (Lipinski definition) is 4. The maximum Gasteiger partial charge on any atom is 0.316 e. The van der Waals surface area contributed by atoms with Gasteiger partial charge in [-0.2, -0.15) is 0 Å². The van der Waals surface area contributed by atoms with Crippen LogP contribution < -0.4 is 11.1 Å². The summed E-state index contributed by atoms with van der Waals surface area (Å²) in [5.41, 5.74) is 6.06. The Labute approximate surface area is 101 Å². The fourth-order valence-corrected chi connectivity index (χ4v) is 1.57. The molecule has 0 aliphatic rings. The molecule has 0 aliphatic carbocycles. The molecular formula is C10H13BrN2O3. The lowest BCUT2D eigenvalue weighted by atomic mass is 10.1. The third-order valence-corrected chi connectivity index (χ3v) is 2.71. The molecule has 88 valence electrons. The van der Waals surface area contributed by atoms with Crippen LogP contribution in [0.5, 0.6) is 0 Å². The van der Waals surface area contributed by atoms with Gasteiger partial charge in [0.25, 0.3) is 0 Å². The zero-order valence-corrected chi connectivity index (χ0v) is 10.0. The third kappa shape index (κ3) is 3.48. The van der Waals surface area contributed by atoms with Crippen molar-refractivity contribution in [3.63, 3.8) is 0 Å². The number of benzene rings is 1. The average molecular weight is 289 g/mol. The number of amides is 2. The molecule has 0 saturated heterocycles. The Morgan fingerprint density at radius 3 is 2.38 bits per heavy atom. The molecule has 5 nitrogen and oxygen atoms in total. The molecule has 0 heterocycles. The molecule has 0 bridgehead atoms. The number of primary amides is 1. The Kier molecular flexibility index (Phi) is 4.72. The van der Waals surface area contributed by atoms with E-state index in [1.165, 1.54) is 0 Å². The van der Waals surface area contributed by atoms with Gasteiger partial charge < -0.3 is 21.3 Å². The van der Waals surface area contributed by atoms with Crippen LogP contribution in [-0.4, -0.2) is 27.7 Å². The SMILES string of the molecule is NC(=O)Nc1ccc(C(O)C(O)CBr)cc1. The van der Waals surface area contributed by atoms with Gasteiger partial charge in [-0.05, 0) is 17.7 Å². The van der Waals surface area contributed by atoms with Gasteiger partial charge in [-0.1, -0.05) is 28.1 Å². The number of halogens is 1. The highest BCUT2D eigenvalue weighted by atomic mass is 79.9. The van der Waals surface area contributed by atoms with E-state index < -0.39 is 18.2 Å². The van der Waals surface area contributed by atoms with E-state index in [9.17, 15) is 15.0 Å². The molecule has 1 aromatic carbocycles. The first kappa shape index (κ1) is 13.0. The monoisotopic (exact) mass is 288 g/mol. The van der Waals surface area contributed by atoms with Crippen LogP contribution in [0.2, 0.25) is 0 Å². The predicted molar refractivity (Wildman–Crippen MR) is 64.4 cm³/mol. The van der Waals surface area contributed by atoms with E-state index in [1.807, 2.05) is 0 Å². The van der Waals surface area contributed by atoms with E-state index in [0.29, 0.717) is 11.3 Å². The van der Waals surface area contributed by atoms with Crippen LogP contribution in [0.25, 0.3) is 0 Å². The van der Waals surface area contributed by atoms with Crippen molar-refractivity contribution in [3.8, 4) is 0 Å². The van der Waals surface area contributed by atoms with Crippen molar-refractivity contribution in [2.45, 2.75) is 12.2 Å². The van der Waals surface area contributed by atoms with E-state index in [1.54, 1.807) is 24.3 Å². The molecule has 0 radical (unpaired) electrons. The van der Waals surface area contributed by atoms with Crippen molar-refractivity contribution in [1.29, 1.82) is 0 Å². The zero-order chi connectivity index (χ0) is 12.1. The van der Waals surface area contributed by atoms with Crippen molar-refractivity contribution in [3.05, 3.63) is 29.8 Å². The third-order valence-electron chi connectivity index (χ3n) is 2.04. The van der Waals surface area contributed by atoms with Crippen LogP contribution in [0.15, 0.2) is 24.3 Å². The normalized spacial score (nSPS) is 14.2. The summed E-state index contributed by atoms with van der Waals surface area (Å²) in [5.74, 6) is 0. The average Bonchev–Trinajstić information content (AvgIpc) is 2.27. The number of carbonyl (C=O) groups is 1. The highest BCUT2D eigenvalue weighted by Gasteiger charge is 2.16. The fourth-order valence-electron chi connectivity index (χ4n) is 1.21. The number of hydrogen-bond acceptors (Lipinski definition) is 3. The van der Waals surface area contributed by atoms with Gasteiger partial charge in [-0.25, -0.2) is 4.79 Å². The number of alkyl halides is 1. The summed E-state index contributed by atoms with van der Waals surface area (Å²) < 4.78 is 0. The molecule has 0 fully saturated rings. The van der Waals surface area contributed by atoms with E-state index in [-0.39, 0.29) is 5.33 Å². The van der Waals surface area contributed by atoms with Crippen molar-refractivity contribution in [1.82, 2.24) is 0 Å². The van der Waals surface area contributed by atoms with Crippen LogP contribution in [0.4, 0.5) is 10.5 Å². The maximum atomic E-state index is 10.6. The van der Waals surface area contributed by atoms with Gasteiger partial charge in [0.1, 0.15) is 6.10 Å². The Bertz CT molecular complexity index is 356. The molecule has 0 aromatic heterocycles. The molecule has 0 aliphatic heterocycles. The number of nitrogens with one attached hydrogen (secondary N) is 1. The van der Waals surface area contributed by atoms with E-state index in [2.05, 4.69) is 21.2 Å². The lowest BCUT2D eigenvalue weighted by Gasteiger charge is -2.16. The number of anilines is 1. The molecule has 1 rings (SSSR count). The summed E-state index contributed by atoms with van der Waals surface area (Å²) in [6.07, 6.45) is -1.82. The number of rotatable bonds is 4. The molecule has 1 aromatic rings. The first-order chi connectivity index (χ1) is 7.54. The summed E-state index contributed by atoms with van der Waals surface area (Å²) in [5, 5.41) is 21.8. The molecule has 16 heavy (non-hydrogen) atoms. The van der Waals surface area contributed by atoms with Gasteiger partial charge in [0.15, 0.2) is 0 Å². The topological polar surface area (TPSA) is 95.6 Å². The minimum Gasteiger partial charge on any atom is -0.389 e. The molecule has 2 unspecified atom stereocenters. The lowest BCUT2D eigenvalue weighted by molar-refractivity contribution is 0.0343. The van der Waals surface area contributed by atoms with Crippen molar-refractivity contribution < 1.29 is 15.0 Å². The first-order valence-electron chi connectivity index (χ1n) is 4.63. The van der Waals surface area contributed by atoms with Gasteiger partial charge in [0, 0.05) is 11.0 Å². The lowest BCUT2D eigenvalue weighted by Crippen LogP contribution is -2.20. The summed E-state index contributed by atoms with van der Waals surface area (Å²) in [6, 6.07) is 5.78. The Hall–Kier alpha value is -1.11. The summed E-state index contributed by atoms with van der Waals surface area (Å²) >= 11 is 3.08. The Morgan fingerprint density at radius 2 is 1.94 bits per heavy atom. The van der Waals surface area contributed by atoms with Gasteiger partial charge in [-0.3, -0.25) is 0 Å². The van der Waals surface area contributed by atoms with Crippen LogP contribution in [0.3, 0.4) is 0 Å². The minimum absolute atomic E-state index is 0.287. The van der Waals surface area contributed by atoms with Crippen molar-refractivity contribution in [2.75, 3.05) is 10.6 Å². The molecule has 0 spiro atoms. The molecular weight excluding hydrogens is 276 g/mol. The van der Waals surface area contributed by atoms with E-state index >= 15 is 0 Å². The standard InChI is InChI=1S/C10H13BrN2O3/c11-5-8(14)9(15)6-1-3-7(4-2-6)13-10(12)16/h1-4,8-9,14-15H,5H2,(H3,12,13,16). The smallest absolute Gasteiger partial charge is 0.316 e. The minimum atomic E-state index is -0.956. The second-order valence-electron chi connectivity index (χ2n) is 3.28. The molecule has 5 N–H and O–H groups in total. The second kappa shape index (κ2) is 5.83. The fraction of sp³-hybridized carbons (Fsp3) is 0.300. The zero-order valence-electron chi connectivity index (χ0n) is 8.43. The van der Waals surface area contributed by atoms with Crippen molar-refractivity contribution in [2.24, 2.45) is 5.73 Å². The summed E-state index contributed by atoms with van der Waals surface area (Å²) in [4.78, 5) is 10.6. The number of nitrogens with two attached hydrogens (primary N) is 1. The van der Waals surface area contributed by atoms with E-state index in [0.717, 1.165) is 0 Å². The molecule has 0 saturated carbocycles. The Balaban J connectivity index is 2.74. The van der Waals surface area contributed by atoms with Gasteiger partial charge in [-0.15, -0.1) is 0 Å². The van der Waals surface area contributed by atoms with Crippen LogP contribution >= 0.6 is 15.9 Å². The number of aliphatic hydroxyl groups excluding tert-OH is 2. The number of aliphatic hydroxyl groups is 2. The van der Waals surface area contributed by atoms with Crippen LogP contribution in [0.1, 0.15) is 11.7 Å². The number of carbonyl (C=O) groups excluding carboxylic acids is 1. The van der Waals surface area contributed by atoms with E-state index in [4.69, 9.17) is 5.73 Å². The second-order valence-corrected chi connectivity index (χ2v) is 3.93. The highest BCUT2D eigenvalue weighted by molar-refractivity contribution is 9.09. The van der Waals surface area contributed by atoms with Crippen LogP contribution in [0, 0.1) is 0 Å². The summed E-state index contributed by atoms with van der Waals surface area (Å²) in [6.45, 7) is 0. The molecule has 2 amide bonds. The maximum absolute atomic E-state index is 10.6.